The second-order valence-electron chi connectivity index (χ2n) is 8.05. The van der Waals surface area contributed by atoms with Crippen molar-refractivity contribution in [1.29, 1.82) is 0 Å². The second kappa shape index (κ2) is 10.9. The van der Waals surface area contributed by atoms with Crippen LogP contribution in [0.3, 0.4) is 0 Å². The molecule has 0 spiro atoms. The van der Waals surface area contributed by atoms with Crippen LogP contribution < -0.4 is 15.5 Å². The van der Waals surface area contributed by atoms with Gasteiger partial charge in [-0.25, -0.2) is 4.98 Å². The van der Waals surface area contributed by atoms with E-state index in [1.807, 2.05) is 21.0 Å². The van der Waals surface area contributed by atoms with Crippen LogP contribution in [0.5, 0.6) is 0 Å². The quantitative estimate of drug-likeness (QED) is 0.532. The van der Waals surface area contributed by atoms with Crippen LogP contribution in [0.4, 0.5) is 17.2 Å². The lowest BCUT2D eigenvalue weighted by Crippen LogP contribution is -2.35. The Balaban J connectivity index is 1.76. The summed E-state index contributed by atoms with van der Waals surface area (Å²) in [6, 6.07) is 15.0. The maximum atomic E-state index is 12.9. The number of rotatable bonds is 7. The summed E-state index contributed by atoms with van der Waals surface area (Å²) < 4.78 is 0. The molecule has 9 heteroatoms. The van der Waals surface area contributed by atoms with Crippen molar-refractivity contribution in [3.05, 3.63) is 82.5 Å². The molecule has 3 amide bonds. The number of hydrogen-bond donors (Lipinski definition) is 2. The number of nitrogens with zero attached hydrogens (tertiary/aromatic N) is 3. The van der Waals surface area contributed by atoms with Crippen LogP contribution in [-0.2, 0) is 4.79 Å². The summed E-state index contributed by atoms with van der Waals surface area (Å²) in [5.74, 6) is -0.566. The highest BCUT2D eigenvalue weighted by atomic mass is 35.5. The van der Waals surface area contributed by atoms with Gasteiger partial charge in [-0.3, -0.25) is 14.4 Å². The molecule has 1 aromatic heterocycles. The molecule has 0 atom stereocenters. The molecule has 0 aliphatic heterocycles. The van der Waals surface area contributed by atoms with E-state index in [0.717, 1.165) is 5.56 Å². The SMILES string of the molecule is Cc1ccc(NC(=O)c2ccc(N(C)C(=O)CN(C)C)cc2)c(C(=O)Nc2cc(Cl)ccn2)c1. The lowest BCUT2D eigenvalue weighted by atomic mass is 10.1. The Morgan fingerprint density at radius 3 is 2.26 bits per heavy atom. The summed E-state index contributed by atoms with van der Waals surface area (Å²) in [5.41, 5.74) is 2.57. The molecule has 2 N–H and O–H groups in total. The minimum atomic E-state index is -0.426. The van der Waals surface area contributed by atoms with Crippen molar-refractivity contribution >= 4 is 46.5 Å². The average Bonchev–Trinajstić information content (AvgIpc) is 2.79. The van der Waals surface area contributed by atoms with Crippen molar-refractivity contribution in [3.63, 3.8) is 0 Å². The fourth-order valence-electron chi connectivity index (χ4n) is 3.16. The first-order valence-electron chi connectivity index (χ1n) is 10.5. The fourth-order valence-corrected chi connectivity index (χ4v) is 3.32. The topological polar surface area (TPSA) is 94.6 Å². The Morgan fingerprint density at radius 1 is 0.912 bits per heavy atom. The molecule has 0 aliphatic carbocycles. The summed E-state index contributed by atoms with van der Waals surface area (Å²) in [4.78, 5) is 45.4. The Labute approximate surface area is 203 Å². The van der Waals surface area contributed by atoms with E-state index in [2.05, 4.69) is 15.6 Å². The van der Waals surface area contributed by atoms with Crippen LogP contribution in [-0.4, -0.2) is 55.3 Å². The van der Waals surface area contributed by atoms with Gasteiger partial charge in [0, 0.05) is 29.5 Å². The van der Waals surface area contributed by atoms with Crippen LogP contribution in [0.25, 0.3) is 0 Å². The van der Waals surface area contributed by atoms with Gasteiger partial charge in [0.15, 0.2) is 0 Å². The van der Waals surface area contributed by atoms with Crippen LogP contribution in [0.2, 0.25) is 5.02 Å². The normalized spacial score (nSPS) is 10.6. The first kappa shape index (κ1) is 24.9. The number of halogens is 1. The van der Waals surface area contributed by atoms with Gasteiger partial charge in [-0.2, -0.15) is 0 Å². The minimum Gasteiger partial charge on any atom is -0.321 e. The summed E-state index contributed by atoms with van der Waals surface area (Å²) in [5, 5.41) is 5.94. The zero-order valence-corrected chi connectivity index (χ0v) is 20.2. The maximum absolute atomic E-state index is 12.9. The zero-order chi connectivity index (χ0) is 24.8. The molecule has 0 fully saturated rings. The molecule has 0 saturated heterocycles. The van der Waals surface area contributed by atoms with E-state index in [9.17, 15) is 14.4 Å². The Kier molecular flexibility index (Phi) is 7.99. The smallest absolute Gasteiger partial charge is 0.258 e. The molecule has 176 valence electrons. The minimum absolute atomic E-state index is 0.0632. The molecule has 0 bridgehead atoms. The molecule has 3 rings (SSSR count). The van der Waals surface area contributed by atoms with Crippen LogP contribution in [0, 0.1) is 6.92 Å². The number of carbonyl (C=O) groups excluding carboxylic acids is 3. The molecule has 1 heterocycles. The van der Waals surface area contributed by atoms with Gasteiger partial charge in [0.2, 0.25) is 5.91 Å². The predicted octanol–water partition coefficient (Wildman–Crippen LogP) is 4.07. The highest BCUT2D eigenvalue weighted by Gasteiger charge is 2.17. The maximum Gasteiger partial charge on any atom is 0.258 e. The number of hydrogen-bond acceptors (Lipinski definition) is 5. The van der Waals surface area contributed by atoms with E-state index >= 15 is 0 Å². The van der Waals surface area contributed by atoms with Gasteiger partial charge in [-0.1, -0.05) is 23.2 Å². The van der Waals surface area contributed by atoms with Crippen molar-refractivity contribution in [1.82, 2.24) is 9.88 Å². The Bertz CT molecular complexity index is 1210. The second-order valence-corrected chi connectivity index (χ2v) is 8.49. The Morgan fingerprint density at radius 2 is 1.62 bits per heavy atom. The predicted molar refractivity (Wildman–Crippen MR) is 135 cm³/mol. The molecule has 0 unspecified atom stereocenters. The first-order chi connectivity index (χ1) is 16.1. The zero-order valence-electron chi connectivity index (χ0n) is 19.4. The third-order valence-corrected chi connectivity index (χ3v) is 5.21. The number of anilines is 3. The molecule has 0 saturated carbocycles. The van der Waals surface area contributed by atoms with Crippen molar-refractivity contribution in [2.24, 2.45) is 0 Å². The highest BCUT2D eigenvalue weighted by molar-refractivity contribution is 6.30. The molecule has 0 radical (unpaired) electrons. The Hall–Kier alpha value is -3.75. The first-order valence-corrected chi connectivity index (χ1v) is 10.9. The van der Waals surface area contributed by atoms with Gasteiger partial charge in [0.1, 0.15) is 5.82 Å². The third kappa shape index (κ3) is 6.40. The largest absolute Gasteiger partial charge is 0.321 e. The van der Waals surface area contributed by atoms with Gasteiger partial charge >= 0.3 is 0 Å². The average molecular weight is 480 g/mol. The van der Waals surface area contributed by atoms with E-state index in [1.54, 1.807) is 60.5 Å². The summed E-state index contributed by atoms with van der Waals surface area (Å²) >= 11 is 5.97. The van der Waals surface area contributed by atoms with Crippen LogP contribution >= 0.6 is 11.6 Å². The van der Waals surface area contributed by atoms with E-state index in [0.29, 0.717) is 33.3 Å². The molecular formula is C25H26ClN5O3. The number of amides is 3. The number of carbonyl (C=O) groups is 3. The molecular weight excluding hydrogens is 454 g/mol. The summed E-state index contributed by atoms with van der Waals surface area (Å²) in [7, 11) is 5.33. The number of aryl methyl sites for hydroxylation is 1. The molecule has 34 heavy (non-hydrogen) atoms. The number of nitrogens with one attached hydrogen (secondary N) is 2. The monoisotopic (exact) mass is 479 g/mol. The number of benzene rings is 2. The van der Waals surface area contributed by atoms with Gasteiger partial charge in [-0.15, -0.1) is 0 Å². The van der Waals surface area contributed by atoms with E-state index in [-0.39, 0.29) is 18.4 Å². The van der Waals surface area contributed by atoms with Crippen molar-refractivity contribution in [2.75, 3.05) is 43.2 Å². The van der Waals surface area contributed by atoms with Gasteiger partial charge in [0.05, 0.1) is 17.8 Å². The number of aromatic nitrogens is 1. The lowest BCUT2D eigenvalue weighted by molar-refractivity contribution is -0.118. The lowest BCUT2D eigenvalue weighted by Gasteiger charge is -2.20. The van der Waals surface area contributed by atoms with E-state index in [4.69, 9.17) is 11.6 Å². The van der Waals surface area contributed by atoms with Crippen molar-refractivity contribution in [2.45, 2.75) is 6.92 Å². The molecule has 2 aromatic carbocycles. The molecule has 3 aromatic rings. The van der Waals surface area contributed by atoms with E-state index in [1.165, 1.54) is 17.2 Å². The molecule has 8 nitrogen and oxygen atoms in total. The van der Waals surface area contributed by atoms with Gasteiger partial charge in [-0.05, 0) is 69.6 Å². The third-order valence-electron chi connectivity index (χ3n) is 4.97. The number of pyridine rings is 1. The van der Waals surface area contributed by atoms with Gasteiger partial charge < -0.3 is 20.4 Å². The van der Waals surface area contributed by atoms with Crippen LogP contribution in [0.15, 0.2) is 60.8 Å². The van der Waals surface area contributed by atoms with Crippen molar-refractivity contribution < 1.29 is 14.4 Å². The van der Waals surface area contributed by atoms with Crippen LogP contribution in [0.1, 0.15) is 26.3 Å². The summed E-state index contributed by atoms with van der Waals surface area (Å²) in [6.45, 7) is 2.13. The van der Waals surface area contributed by atoms with E-state index < -0.39 is 5.91 Å². The summed E-state index contributed by atoms with van der Waals surface area (Å²) in [6.07, 6.45) is 1.49. The molecule has 0 aliphatic rings. The fraction of sp³-hybridized carbons (Fsp3) is 0.200. The van der Waals surface area contributed by atoms with Gasteiger partial charge in [0.25, 0.3) is 11.8 Å². The standard InChI is InChI=1S/C25H26ClN5O3/c1-16-5-10-21(20(13-16)25(34)29-22-14-18(26)11-12-27-22)28-24(33)17-6-8-19(9-7-17)31(4)23(32)15-30(2)3/h5-14H,15H2,1-4H3,(H,28,33)(H,27,29,34). The highest BCUT2D eigenvalue weighted by Crippen LogP contribution is 2.22. The van der Waals surface area contributed by atoms with Crippen molar-refractivity contribution in [3.8, 4) is 0 Å². The number of likely N-dealkylation sites (N-methyl/N-ethyl adjacent to an activating group) is 2.